The summed E-state index contributed by atoms with van der Waals surface area (Å²) in [6.45, 7) is 13.0. The second-order valence-corrected chi connectivity index (χ2v) is 7.99. The quantitative estimate of drug-likeness (QED) is 0.379. The molecule has 1 aliphatic rings. The minimum atomic E-state index is -0.204. The first-order chi connectivity index (χ1) is 13.4. The Morgan fingerprint density at radius 2 is 1.83 bits per heavy atom. The van der Waals surface area contributed by atoms with Gasteiger partial charge in [0.25, 0.3) is 0 Å². The lowest BCUT2D eigenvalue weighted by Crippen LogP contribution is -2.52. The van der Waals surface area contributed by atoms with Gasteiger partial charge in [0, 0.05) is 43.8 Å². The zero-order chi connectivity index (χ0) is 20.1. The van der Waals surface area contributed by atoms with Crippen LogP contribution in [0.3, 0.4) is 0 Å². The molecule has 2 aromatic rings. The summed E-state index contributed by atoms with van der Waals surface area (Å²) >= 11 is 0. The summed E-state index contributed by atoms with van der Waals surface area (Å²) in [5.74, 6) is 2.17. The van der Waals surface area contributed by atoms with Gasteiger partial charge in [0.05, 0.1) is 6.20 Å². The SMILES string of the molecule is CCNC(=NCc1ncc(C(C)(C)C)o1)N1CCN(c2ccc(F)cc2)CC1.I. The molecule has 1 saturated heterocycles. The normalized spacial score (nSPS) is 15.3. The van der Waals surface area contributed by atoms with E-state index in [1.807, 2.05) is 12.1 Å². The highest BCUT2D eigenvalue weighted by Gasteiger charge is 2.21. The van der Waals surface area contributed by atoms with Crippen molar-refractivity contribution in [3.8, 4) is 0 Å². The zero-order valence-electron chi connectivity index (χ0n) is 17.6. The van der Waals surface area contributed by atoms with E-state index in [0.717, 1.165) is 50.1 Å². The Hall–Kier alpha value is -1.84. The maximum atomic E-state index is 13.1. The van der Waals surface area contributed by atoms with Crippen molar-refractivity contribution in [1.29, 1.82) is 0 Å². The molecule has 1 aliphatic heterocycles. The van der Waals surface area contributed by atoms with Gasteiger partial charge in [0.15, 0.2) is 5.96 Å². The van der Waals surface area contributed by atoms with Gasteiger partial charge in [-0.2, -0.15) is 0 Å². The molecule has 8 heteroatoms. The molecule has 1 fully saturated rings. The molecule has 1 aromatic heterocycles. The number of halogens is 2. The number of guanidine groups is 1. The third kappa shape index (κ3) is 6.32. The average Bonchev–Trinajstić information content (AvgIpc) is 3.15. The maximum absolute atomic E-state index is 13.1. The van der Waals surface area contributed by atoms with Gasteiger partial charge in [-0.25, -0.2) is 14.4 Å². The van der Waals surface area contributed by atoms with E-state index in [1.165, 1.54) is 12.1 Å². The molecule has 0 amide bonds. The van der Waals surface area contributed by atoms with E-state index < -0.39 is 0 Å². The summed E-state index contributed by atoms with van der Waals surface area (Å²) in [7, 11) is 0. The molecule has 1 N–H and O–H groups in total. The van der Waals surface area contributed by atoms with Gasteiger partial charge in [-0.05, 0) is 31.2 Å². The Balaban J connectivity index is 0.00000300. The van der Waals surface area contributed by atoms with Gasteiger partial charge in [-0.1, -0.05) is 20.8 Å². The van der Waals surface area contributed by atoms with E-state index in [9.17, 15) is 4.39 Å². The highest BCUT2D eigenvalue weighted by atomic mass is 127. The van der Waals surface area contributed by atoms with E-state index in [1.54, 1.807) is 6.20 Å². The number of aliphatic imine (C=N–C) groups is 1. The number of aromatic nitrogens is 1. The van der Waals surface area contributed by atoms with Crippen molar-refractivity contribution in [2.75, 3.05) is 37.6 Å². The monoisotopic (exact) mass is 515 g/mol. The number of piperazine rings is 1. The van der Waals surface area contributed by atoms with E-state index in [0.29, 0.717) is 12.4 Å². The van der Waals surface area contributed by atoms with Crippen LogP contribution in [0.4, 0.5) is 10.1 Å². The highest BCUT2D eigenvalue weighted by Crippen LogP contribution is 2.23. The molecule has 0 saturated carbocycles. The smallest absolute Gasteiger partial charge is 0.216 e. The van der Waals surface area contributed by atoms with Crippen molar-refractivity contribution in [2.45, 2.75) is 39.7 Å². The number of hydrogen-bond acceptors (Lipinski definition) is 4. The van der Waals surface area contributed by atoms with Crippen LogP contribution in [0, 0.1) is 5.82 Å². The third-order valence-corrected chi connectivity index (χ3v) is 4.76. The second-order valence-electron chi connectivity index (χ2n) is 7.99. The molecule has 29 heavy (non-hydrogen) atoms. The number of oxazole rings is 1. The van der Waals surface area contributed by atoms with E-state index in [2.05, 4.69) is 47.8 Å². The van der Waals surface area contributed by atoms with Crippen molar-refractivity contribution in [3.05, 3.63) is 47.9 Å². The number of anilines is 1. The second kappa shape index (κ2) is 10.3. The Bertz CT molecular complexity index is 792. The number of nitrogens with one attached hydrogen (secondary N) is 1. The molecular weight excluding hydrogens is 484 g/mol. The molecular formula is C21H31FIN5O. The van der Waals surface area contributed by atoms with Crippen molar-refractivity contribution in [3.63, 3.8) is 0 Å². The lowest BCUT2D eigenvalue weighted by atomic mass is 9.94. The standard InChI is InChI=1S/C21H30FN5O.HI/c1-5-23-20(25-15-19-24-14-18(28-19)21(2,3)4)27-12-10-26(11-13-27)17-8-6-16(22)7-9-17;/h6-9,14H,5,10-13,15H2,1-4H3,(H,23,25);1H. The first-order valence-corrected chi connectivity index (χ1v) is 9.86. The van der Waals surface area contributed by atoms with Crippen molar-refractivity contribution >= 4 is 35.6 Å². The van der Waals surface area contributed by atoms with Crippen LogP contribution in [0.1, 0.15) is 39.3 Å². The maximum Gasteiger partial charge on any atom is 0.216 e. The first-order valence-electron chi connectivity index (χ1n) is 9.86. The van der Waals surface area contributed by atoms with Gasteiger partial charge >= 0.3 is 0 Å². The van der Waals surface area contributed by atoms with Crippen molar-refractivity contribution in [1.82, 2.24) is 15.2 Å². The Morgan fingerprint density at radius 1 is 1.17 bits per heavy atom. The van der Waals surface area contributed by atoms with E-state index in [-0.39, 0.29) is 35.2 Å². The fraction of sp³-hybridized carbons (Fsp3) is 0.524. The van der Waals surface area contributed by atoms with E-state index >= 15 is 0 Å². The molecule has 0 atom stereocenters. The average molecular weight is 515 g/mol. The Kier molecular flexibility index (Phi) is 8.30. The molecule has 3 rings (SSSR count). The summed E-state index contributed by atoms with van der Waals surface area (Å²) in [6.07, 6.45) is 1.79. The van der Waals surface area contributed by atoms with Crippen molar-refractivity contribution in [2.24, 2.45) is 4.99 Å². The Morgan fingerprint density at radius 3 is 2.38 bits per heavy atom. The fourth-order valence-corrected chi connectivity index (χ4v) is 3.13. The highest BCUT2D eigenvalue weighted by molar-refractivity contribution is 14.0. The molecule has 0 aliphatic carbocycles. The minimum Gasteiger partial charge on any atom is -0.443 e. The van der Waals surface area contributed by atoms with E-state index in [4.69, 9.17) is 9.41 Å². The van der Waals surface area contributed by atoms with Gasteiger partial charge in [0.1, 0.15) is 18.1 Å². The van der Waals surface area contributed by atoms with Gasteiger partial charge < -0.3 is 19.5 Å². The first kappa shape index (κ1) is 23.4. The zero-order valence-corrected chi connectivity index (χ0v) is 19.9. The van der Waals surface area contributed by atoms with Crippen LogP contribution in [-0.4, -0.2) is 48.6 Å². The number of nitrogens with zero attached hydrogens (tertiary/aromatic N) is 4. The Labute approximate surface area is 189 Å². The number of rotatable bonds is 4. The van der Waals surface area contributed by atoms with Gasteiger partial charge in [0.2, 0.25) is 5.89 Å². The molecule has 6 nitrogen and oxygen atoms in total. The number of benzene rings is 1. The summed E-state index contributed by atoms with van der Waals surface area (Å²) < 4.78 is 19.0. The molecule has 0 radical (unpaired) electrons. The summed E-state index contributed by atoms with van der Waals surface area (Å²) in [6, 6.07) is 6.68. The largest absolute Gasteiger partial charge is 0.443 e. The van der Waals surface area contributed by atoms with Crippen LogP contribution in [0.25, 0.3) is 0 Å². The number of hydrogen-bond donors (Lipinski definition) is 1. The van der Waals surface area contributed by atoms with Crippen molar-refractivity contribution < 1.29 is 8.81 Å². The summed E-state index contributed by atoms with van der Waals surface area (Å²) in [4.78, 5) is 13.6. The molecule has 0 spiro atoms. The van der Waals surface area contributed by atoms with Crippen LogP contribution in [0.5, 0.6) is 0 Å². The predicted octanol–water partition coefficient (Wildman–Crippen LogP) is 4.02. The molecule has 1 aromatic carbocycles. The van der Waals surface area contributed by atoms with Crippen LogP contribution in [0.15, 0.2) is 39.9 Å². The molecule has 2 heterocycles. The summed E-state index contributed by atoms with van der Waals surface area (Å²) in [5, 5.41) is 3.36. The predicted molar refractivity (Wildman–Crippen MR) is 126 cm³/mol. The molecule has 160 valence electrons. The van der Waals surface area contributed by atoms with Gasteiger partial charge in [-0.15, -0.1) is 24.0 Å². The summed E-state index contributed by atoms with van der Waals surface area (Å²) in [5.41, 5.74) is 0.994. The lowest BCUT2D eigenvalue weighted by molar-refractivity contribution is 0.367. The minimum absolute atomic E-state index is 0. The topological polar surface area (TPSA) is 56.9 Å². The van der Waals surface area contributed by atoms with Crippen LogP contribution in [-0.2, 0) is 12.0 Å². The fourth-order valence-electron chi connectivity index (χ4n) is 3.13. The molecule has 0 bridgehead atoms. The van der Waals surface area contributed by atoms with Crippen LogP contribution >= 0.6 is 24.0 Å². The third-order valence-electron chi connectivity index (χ3n) is 4.76. The molecule has 0 unspecified atom stereocenters. The lowest BCUT2D eigenvalue weighted by Gasteiger charge is -2.37. The van der Waals surface area contributed by atoms with Crippen LogP contribution in [0.2, 0.25) is 0 Å². The van der Waals surface area contributed by atoms with Crippen LogP contribution < -0.4 is 10.2 Å². The van der Waals surface area contributed by atoms with Gasteiger partial charge in [-0.3, -0.25) is 0 Å².